The highest BCUT2D eigenvalue weighted by Crippen LogP contribution is 2.19. The molecule has 4 heteroatoms. The van der Waals surface area contributed by atoms with Crippen LogP contribution in [-0.2, 0) is 6.54 Å². The van der Waals surface area contributed by atoms with E-state index in [1.165, 1.54) is 10.4 Å². The first-order valence-corrected chi connectivity index (χ1v) is 8.04. The number of nitrogens with two attached hydrogens (primary N) is 1. The Bertz CT molecular complexity index is 499. The molecule has 1 heterocycles. The normalized spacial score (nSPS) is 12.8. The summed E-state index contributed by atoms with van der Waals surface area (Å²) in [4.78, 5) is 3.72. The van der Waals surface area contributed by atoms with Crippen molar-refractivity contribution in [1.29, 1.82) is 0 Å². The number of thiophene rings is 1. The Morgan fingerprint density at radius 2 is 2.16 bits per heavy atom. The number of halogens is 1. The molecule has 102 valence electrons. The van der Waals surface area contributed by atoms with E-state index in [-0.39, 0.29) is 6.04 Å². The van der Waals surface area contributed by atoms with Gasteiger partial charge in [0.15, 0.2) is 0 Å². The lowest BCUT2D eigenvalue weighted by atomic mass is 10.0. The molecule has 2 rings (SSSR count). The predicted molar refractivity (Wildman–Crippen MR) is 86.3 cm³/mol. The summed E-state index contributed by atoms with van der Waals surface area (Å²) >= 11 is 5.29. The molecule has 0 saturated carbocycles. The number of benzene rings is 1. The van der Waals surface area contributed by atoms with E-state index >= 15 is 0 Å². The van der Waals surface area contributed by atoms with E-state index in [4.69, 9.17) is 5.73 Å². The van der Waals surface area contributed by atoms with Crippen LogP contribution in [0.1, 0.15) is 22.9 Å². The molecule has 2 aromatic rings. The summed E-state index contributed by atoms with van der Waals surface area (Å²) in [6, 6.07) is 12.6. The maximum Gasteiger partial charge on any atom is 0.0324 e. The summed E-state index contributed by atoms with van der Waals surface area (Å²) in [5.74, 6) is 0. The third-order valence-corrected chi connectivity index (χ3v) is 4.46. The third kappa shape index (κ3) is 4.73. The van der Waals surface area contributed by atoms with Crippen LogP contribution in [0.4, 0.5) is 0 Å². The lowest BCUT2D eigenvalue weighted by Gasteiger charge is -2.19. The van der Waals surface area contributed by atoms with Crippen LogP contribution in [0.3, 0.4) is 0 Å². The number of hydrogen-bond acceptors (Lipinski definition) is 3. The molecule has 0 aliphatic rings. The molecule has 1 unspecified atom stereocenters. The molecule has 2 nitrogen and oxygen atoms in total. The van der Waals surface area contributed by atoms with Crippen molar-refractivity contribution in [3.8, 4) is 0 Å². The lowest BCUT2D eigenvalue weighted by Crippen LogP contribution is -2.23. The average molecular weight is 339 g/mol. The van der Waals surface area contributed by atoms with Crippen LogP contribution in [0.5, 0.6) is 0 Å². The number of hydrogen-bond donors (Lipinski definition) is 1. The Labute approximate surface area is 127 Å². The van der Waals surface area contributed by atoms with E-state index in [2.05, 4.69) is 57.5 Å². The molecule has 1 aromatic heterocycles. The zero-order valence-corrected chi connectivity index (χ0v) is 13.5. The van der Waals surface area contributed by atoms with E-state index in [1.54, 1.807) is 11.3 Å². The highest BCUT2D eigenvalue weighted by atomic mass is 79.9. The molecule has 1 atom stereocenters. The Hall–Kier alpha value is -0.680. The zero-order valence-electron chi connectivity index (χ0n) is 11.1. The van der Waals surface area contributed by atoms with Crippen LogP contribution < -0.4 is 5.73 Å². The van der Waals surface area contributed by atoms with Gasteiger partial charge in [0.2, 0.25) is 0 Å². The predicted octanol–water partition coefficient (Wildman–Crippen LogP) is 4.03. The average Bonchev–Trinajstić information content (AvgIpc) is 2.88. The Balaban J connectivity index is 1.81. The third-order valence-electron chi connectivity index (χ3n) is 3.10. The smallest absolute Gasteiger partial charge is 0.0324 e. The molecule has 0 radical (unpaired) electrons. The van der Waals surface area contributed by atoms with Gasteiger partial charge in [0.05, 0.1) is 0 Å². The van der Waals surface area contributed by atoms with Crippen molar-refractivity contribution in [2.75, 3.05) is 13.6 Å². The van der Waals surface area contributed by atoms with Gasteiger partial charge in [-0.15, -0.1) is 11.3 Å². The van der Waals surface area contributed by atoms with Crippen LogP contribution in [0.25, 0.3) is 0 Å². The highest BCUT2D eigenvalue weighted by molar-refractivity contribution is 9.10. The SMILES string of the molecule is CN(CCC(N)c1cccc(Br)c1)Cc1cccs1. The second-order valence-corrected chi connectivity index (χ2v) is 6.72. The topological polar surface area (TPSA) is 29.3 Å². The summed E-state index contributed by atoms with van der Waals surface area (Å²) in [5, 5.41) is 2.12. The second kappa shape index (κ2) is 7.20. The number of rotatable bonds is 6. The van der Waals surface area contributed by atoms with Gasteiger partial charge in [0.1, 0.15) is 0 Å². The van der Waals surface area contributed by atoms with Crippen LogP contribution >= 0.6 is 27.3 Å². The summed E-state index contributed by atoms with van der Waals surface area (Å²) in [5.41, 5.74) is 7.43. The molecule has 0 aliphatic heterocycles. The molecule has 1 aromatic carbocycles. The van der Waals surface area contributed by atoms with Crippen molar-refractivity contribution in [3.63, 3.8) is 0 Å². The lowest BCUT2D eigenvalue weighted by molar-refractivity contribution is 0.314. The van der Waals surface area contributed by atoms with E-state index in [1.807, 2.05) is 12.1 Å². The Kier molecular flexibility index (Phi) is 5.58. The summed E-state index contributed by atoms with van der Waals surface area (Å²) < 4.78 is 1.09. The van der Waals surface area contributed by atoms with Crippen molar-refractivity contribution in [2.24, 2.45) is 5.73 Å². The van der Waals surface area contributed by atoms with Crippen LogP contribution in [-0.4, -0.2) is 18.5 Å². The fraction of sp³-hybridized carbons (Fsp3) is 0.333. The minimum atomic E-state index is 0.100. The van der Waals surface area contributed by atoms with Gasteiger partial charge in [-0.1, -0.05) is 34.1 Å². The van der Waals surface area contributed by atoms with Crippen LogP contribution in [0.2, 0.25) is 0 Å². The molecule has 0 fully saturated rings. The fourth-order valence-corrected chi connectivity index (χ4v) is 3.21. The molecular formula is C15H19BrN2S. The molecule has 0 saturated heterocycles. The van der Waals surface area contributed by atoms with Gasteiger partial charge >= 0.3 is 0 Å². The number of nitrogens with zero attached hydrogens (tertiary/aromatic N) is 1. The quantitative estimate of drug-likeness (QED) is 0.861. The van der Waals surface area contributed by atoms with E-state index in [0.29, 0.717) is 0 Å². The molecular weight excluding hydrogens is 320 g/mol. The van der Waals surface area contributed by atoms with Gasteiger partial charge < -0.3 is 10.6 Å². The van der Waals surface area contributed by atoms with Gasteiger partial charge in [-0.3, -0.25) is 0 Å². The monoisotopic (exact) mass is 338 g/mol. The maximum absolute atomic E-state index is 6.24. The minimum absolute atomic E-state index is 0.100. The first-order chi connectivity index (χ1) is 9.15. The van der Waals surface area contributed by atoms with Crippen molar-refractivity contribution in [1.82, 2.24) is 4.90 Å². The van der Waals surface area contributed by atoms with Crippen molar-refractivity contribution >= 4 is 27.3 Å². The van der Waals surface area contributed by atoms with Gasteiger partial charge in [0, 0.05) is 28.5 Å². The van der Waals surface area contributed by atoms with Crippen molar-refractivity contribution < 1.29 is 0 Å². The van der Waals surface area contributed by atoms with Crippen LogP contribution in [0, 0.1) is 0 Å². The fourth-order valence-electron chi connectivity index (χ4n) is 2.01. The summed E-state index contributed by atoms with van der Waals surface area (Å²) in [6.07, 6.45) is 0.971. The van der Waals surface area contributed by atoms with Gasteiger partial charge in [0.25, 0.3) is 0 Å². The van der Waals surface area contributed by atoms with Crippen molar-refractivity contribution in [2.45, 2.75) is 19.0 Å². The van der Waals surface area contributed by atoms with Gasteiger partial charge in [-0.05, 0) is 42.6 Å². The minimum Gasteiger partial charge on any atom is -0.324 e. The maximum atomic E-state index is 6.24. The summed E-state index contributed by atoms with van der Waals surface area (Å²) in [6.45, 7) is 2.01. The molecule has 2 N–H and O–H groups in total. The van der Waals surface area contributed by atoms with Gasteiger partial charge in [-0.25, -0.2) is 0 Å². The zero-order chi connectivity index (χ0) is 13.7. The van der Waals surface area contributed by atoms with Gasteiger partial charge in [-0.2, -0.15) is 0 Å². The van der Waals surface area contributed by atoms with Crippen molar-refractivity contribution in [3.05, 3.63) is 56.7 Å². The first kappa shape index (κ1) is 14.7. The molecule has 0 spiro atoms. The Morgan fingerprint density at radius 1 is 1.32 bits per heavy atom. The molecule has 19 heavy (non-hydrogen) atoms. The standard InChI is InChI=1S/C15H19BrN2S/c1-18(11-14-6-3-9-19-14)8-7-15(17)12-4-2-5-13(16)10-12/h2-6,9-10,15H,7-8,11,17H2,1H3. The van der Waals surface area contributed by atoms with Crippen LogP contribution in [0.15, 0.2) is 46.3 Å². The Morgan fingerprint density at radius 3 is 2.84 bits per heavy atom. The van der Waals surface area contributed by atoms with E-state index < -0.39 is 0 Å². The summed E-state index contributed by atoms with van der Waals surface area (Å²) in [7, 11) is 2.15. The molecule has 0 bridgehead atoms. The van der Waals surface area contributed by atoms with E-state index in [9.17, 15) is 0 Å². The molecule has 0 amide bonds. The second-order valence-electron chi connectivity index (χ2n) is 4.77. The largest absolute Gasteiger partial charge is 0.324 e. The first-order valence-electron chi connectivity index (χ1n) is 6.37. The van der Waals surface area contributed by atoms with E-state index in [0.717, 1.165) is 24.0 Å². The molecule has 0 aliphatic carbocycles. The highest BCUT2D eigenvalue weighted by Gasteiger charge is 2.08.